The number of anilines is 1. The number of fused-ring (bicyclic) bond motifs is 1. The molecule has 4 heterocycles. The summed E-state index contributed by atoms with van der Waals surface area (Å²) in [7, 11) is 1.61. The van der Waals surface area contributed by atoms with Crippen LogP contribution in [0.1, 0.15) is 54.6 Å². The molecule has 0 spiro atoms. The van der Waals surface area contributed by atoms with Gasteiger partial charge < -0.3 is 15.3 Å². The molecule has 1 saturated carbocycles. The SMILES string of the molecule is CNC(=O)c1cnn2ccc(N3CCCC3)nc12.Cc1ccc(F)cn1.OC1CCCC1. The zero-order valence-electron chi connectivity index (χ0n) is 18.7. The molecule has 1 saturated heterocycles. The maximum Gasteiger partial charge on any atom is 0.256 e. The first-order valence-electron chi connectivity index (χ1n) is 11.1. The van der Waals surface area contributed by atoms with Crippen LogP contribution in [0.25, 0.3) is 5.65 Å². The lowest BCUT2D eigenvalue weighted by Crippen LogP contribution is -2.20. The molecular weight excluding hydrogens is 411 g/mol. The third-order valence-electron chi connectivity index (χ3n) is 5.46. The Morgan fingerprint density at radius 1 is 1.12 bits per heavy atom. The predicted octanol–water partition coefficient (Wildman–Crippen LogP) is 3.14. The monoisotopic (exact) mass is 442 g/mol. The number of aromatic nitrogens is 4. The van der Waals surface area contributed by atoms with Crippen LogP contribution in [0.2, 0.25) is 0 Å². The van der Waals surface area contributed by atoms with Crippen LogP contribution in [0.5, 0.6) is 0 Å². The van der Waals surface area contributed by atoms with Gasteiger partial charge in [0, 0.05) is 32.0 Å². The number of carbonyl (C=O) groups is 1. The number of aliphatic hydroxyl groups excluding tert-OH is 1. The summed E-state index contributed by atoms with van der Waals surface area (Å²) in [4.78, 5) is 22.2. The first kappa shape index (κ1) is 23.6. The van der Waals surface area contributed by atoms with Crippen molar-refractivity contribution in [1.29, 1.82) is 0 Å². The standard InChI is InChI=1S/C12H15N5O.C6H6FN.C5H10O/c1-13-12(18)9-8-14-17-7-4-10(15-11(9)17)16-5-2-3-6-16;1-5-2-3-6(7)4-8-5;6-5-3-1-2-4-5/h4,7-8H,2-3,5-6H2,1H3,(H,13,18);2-4H,1H3;5-6H,1-4H2. The van der Waals surface area contributed by atoms with Crippen molar-refractivity contribution in [3.05, 3.63) is 53.9 Å². The lowest BCUT2D eigenvalue weighted by atomic mass is 10.3. The zero-order chi connectivity index (χ0) is 22.9. The highest BCUT2D eigenvalue weighted by Gasteiger charge is 2.17. The number of amides is 1. The Balaban J connectivity index is 0.000000169. The first-order valence-corrected chi connectivity index (χ1v) is 11.1. The summed E-state index contributed by atoms with van der Waals surface area (Å²) in [6.07, 6.45) is 11.6. The fourth-order valence-corrected chi connectivity index (χ4v) is 3.63. The van der Waals surface area contributed by atoms with Crippen LogP contribution in [0, 0.1) is 12.7 Å². The molecular formula is C23H31FN6O2. The topological polar surface area (TPSA) is 95.7 Å². The van der Waals surface area contributed by atoms with Gasteiger partial charge in [-0.2, -0.15) is 5.10 Å². The molecule has 2 N–H and O–H groups in total. The number of nitrogens with one attached hydrogen (secondary N) is 1. The van der Waals surface area contributed by atoms with Crippen LogP contribution >= 0.6 is 0 Å². The first-order chi connectivity index (χ1) is 15.5. The molecule has 8 nitrogen and oxygen atoms in total. The van der Waals surface area contributed by atoms with E-state index in [1.165, 1.54) is 37.9 Å². The Kier molecular flexibility index (Phi) is 8.49. The number of hydrogen-bond acceptors (Lipinski definition) is 6. The third kappa shape index (κ3) is 6.46. The zero-order valence-corrected chi connectivity index (χ0v) is 18.7. The van der Waals surface area contributed by atoms with E-state index in [1.807, 2.05) is 19.2 Å². The minimum absolute atomic E-state index is 0.0463. The fourth-order valence-electron chi connectivity index (χ4n) is 3.63. The van der Waals surface area contributed by atoms with Gasteiger partial charge in [-0.25, -0.2) is 13.9 Å². The molecule has 1 aliphatic heterocycles. The minimum Gasteiger partial charge on any atom is -0.393 e. The van der Waals surface area contributed by atoms with Gasteiger partial charge in [0.25, 0.3) is 5.91 Å². The van der Waals surface area contributed by atoms with E-state index >= 15 is 0 Å². The molecule has 0 bridgehead atoms. The van der Waals surface area contributed by atoms with Crippen LogP contribution < -0.4 is 10.2 Å². The molecule has 1 amide bonds. The smallest absolute Gasteiger partial charge is 0.256 e. The predicted molar refractivity (Wildman–Crippen MR) is 121 cm³/mol. The summed E-state index contributed by atoms with van der Waals surface area (Å²) in [5.41, 5.74) is 1.96. The van der Waals surface area contributed by atoms with E-state index in [4.69, 9.17) is 5.11 Å². The van der Waals surface area contributed by atoms with Crippen molar-refractivity contribution >= 4 is 17.4 Å². The molecule has 32 heavy (non-hydrogen) atoms. The van der Waals surface area contributed by atoms with E-state index in [9.17, 15) is 9.18 Å². The number of carbonyl (C=O) groups excluding carboxylic acids is 1. The van der Waals surface area contributed by atoms with Gasteiger partial charge in [-0.15, -0.1) is 0 Å². The summed E-state index contributed by atoms with van der Waals surface area (Å²) in [5, 5.41) is 15.5. The van der Waals surface area contributed by atoms with E-state index in [2.05, 4.69) is 25.3 Å². The Bertz CT molecular complexity index is 974. The molecule has 9 heteroatoms. The van der Waals surface area contributed by atoms with Crippen molar-refractivity contribution in [1.82, 2.24) is 24.9 Å². The van der Waals surface area contributed by atoms with Gasteiger partial charge in [-0.3, -0.25) is 9.78 Å². The third-order valence-corrected chi connectivity index (χ3v) is 5.46. The largest absolute Gasteiger partial charge is 0.393 e. The number of aryl methyl sites for hydroxylation is 1. The number of aliphatic hydroxyl groups is 1. The molecule has 172 valence electrons. The van der Waals surface area contributed by atoms with E-state index in [1.54, 1.807) is 23.8 Å². The second-order valence-corrected chi connectivity index (χ2v) is 7.94. The van der Waals surface area contributed by atoms with Crippen LogP contribution in [-0.2, 0) is 0 Å². The molecule has 1 aliphatic carbocycles. The van der Waals surface area contributed by atoms with Gasteiger partial charge in [-0.1, -0.05) is 12.8 Å². The summed E-state index contributed by atoms with van der Waals surface area (Å²) in [5.74, 6) is 0.484. The van der Waals surface area contributed by atoms with Crippen LogP contribution in [0.4, 0.5) is 10.2 Å². The van der Waals surface area contributed by atoms with Gasteiger partial charge in [-0.05, 0) is 50.8 Å². The highest BCUT2D eigenvalue weighted by molar-refractivity contribution is 5.99. The lowest BCUT2D eigenvalue weighted by molar-refractivity contribution is 0.0964. The summed E-state index contributed by atoms with van der Waals surface area (Å²) < 4.78 is 13.7. The van der Waals surface area contributed by atoms with Crippen molar-refractivity contribution in [3.8, 4) is 0 Å². The normalized spacial score (nSPS) is 15.7. The quantitative estimate of drug-likeness (QED) is 0.633. The number of hydrogen-bond donors (Lipinski definition) is 2. The van der Waals surface area contributed by atoms with Gasteiger partial charge in [0.15, 0.2) is 5.65 Å². The van der Waals surface area contributed by atoms with Gasteiger partial charge in [0.1, 0.15) is 17.2 Å². The molecule has 3 aromatic rings. The average Bonchev–Trinajstić information content (AvgIpc) is 3.57. The van der Waals surface area contributed by atoms with Gasteiger partial charge >= 0.3 is 0 Å². The van der Waals surface area contributed by atoms with Crippen molar-refractivity contribution in [2.24, 2.45) is 0 Å². The number of nitrogens with zero attached hydrogens (tertiary/aromatic N) is 5. The van der Waals surface area contributed by atoms with Gasteiger partial charge in [0.05, 0.1) is 18.5 Å². The van der Waals surface area contributed by atoms with Gasteiger partial charge in [0.2, 0.25) is 0 Å². The summed E-state index contributed by atoms with van der Waals surface area (Å²) in [6, 6.07) is 4.97. The van der Waals surface area contributed by atoms with Crippen molar-refractivity contribution in [2.75, 3.05) is 25.0 Å². The van der Waals surface area contributed by atoms with Crippen LogP contribution in [0.15, 0.2) is 36.8 Å². The highest BCUT2D eigenvalue weighted by Crippen LogP contribution is 2.19. The number of rotatable bonds is 2. The summed E-state index contributed by atoms with van der Waals surface area (Å²) >= 11 is 0. The second-order valence-electron chi connectivity index (χ2n) is 7.94. The molecule has 5 rings (SSSR count). The molecule has 0 unspecified atom stereocenters. The maximum atomic E-state index is 12.0. The Hall–Kier alpha value is -3.07. The molecule has 0 aromatic carbocycles. The molecule has 0 radical (unpaired) electrons. The van der Waals surface area contributed by atoms with E-state index in [0.29, 0.717) is 11.2 Å². The van der Waals surface area contributed by atoms with Crippen molar-refractivity contribution in [3.63, 3.8) is 0 Å². The number of pyridine rings is 1. The fraction of sp³-hybridized carbons (Fsp3) is 0.478. The highest BCUT2D eigenvalue weighted by atomic mass is 19.1. The summed E-state index contributed by atoms with van der Waals surface area (Å²) in [6.45, 7) is 3.89. The van der Waals surface area contributed by atoms with E-state index in [0.717, 1.165) is 37.4 Å². The van der Waals surface area contributed by atoms with Crippen LogP contribution in [-0.4, -0.2) is 56.8 Å². The average molecular weight is 443 g/mol. The second kappa shape index (κ2) is 11.5. The Morgan fingerprint density at radius 3 is 2.38 bits per heavy atom. The van der Waals surface area contributed by atoms with Crippen molar-refractivity contribution in [2.45, 2.75) is 51.6 Å². The van der Waals surface area contributed by atoms with E-state index in [-0.39, 0.29) is 17.8 Å². The van der Waals surface area contributed by atoms with E-state index < -0.39 is 0 Å². The lowest BCUT2D eigenvalue weighted by Gasteiger charge is -2.15. The number of halogens is 1. The van der Waals surface area contributed by atoms with Crippen molar-refractivity contribution < 1.29 is 14.3 Å². The molecule has 2 aliphatic rings. The molecule has 0 atom stereocenters. The Morgan fingerprint density at radius 2 is 1.84 bits per heavy atom. The molecule has 3 aromatic heterocycles. The molecule has 2 fully saturated rings. The maximum absolute atomic E-state index is 12.0. The Labute approximate surface area is 187 Å². The minimum atomic E-state index is -0.282. The van der Waals surface area contributed by atoms with Crippen LogP contribution in [0.3, 0.4) is 0 Å².